The molecule has 0 fully saturated rings. The lowest BCUT2D eigenvalue weighted by atomic mass is 10.3. The molecule has 18 heavy (non-hydrogen) atoms. The maximum absolute atomic E-state index is 11.0. The number of rotatable bonds is 7. The van der Waals surface area contributed by atoms with Crippen LogP contribution in [0, 0.1) is 10.1 Å². The number of carbonyl (C=O) groups is 1. The Morgan fingerprint density at radius 2 is 2.33 bits per heavy atom. The summed E-state index contributed by atoms with van der Waals surface area (Å²) >= 11 is 0. The van der Waals surface area contributed by atoms with Gasteiger partial charge in [0.2, 0.25) is 0 Å². The van der Waals surface area contributed by atoms with Crippen LogP contribution in [0.2, 0.25) is 0 Å². The summed E-state index contributed by atoms with van der Waals surface area (Å²) in [4.78, 5) is 24.5. The largest absolute Gasteiger partial charge is 0.466 e. The number of esters is 1. The highest BCUT2D eigenvalue weighted by Crippen LogP contribution is 2.11. The van der Waals surface area contributed by atoms with Crippen LogP contribution in [0.5, 0.6) is 0 Å². The van der Waals surface area contributed by atoms with Gasteiger partial charge in [-0.15, -0.1) is 0 Å². The summed E-state index contributed by atoms with van der Waals surface area (Å²) in [5.41, 5.74) is 0.685. The highest BCUT2D eigenvalue weighted by molar-refractivity contribution is 5.69. The first-order chi connectivity index (χ1) is 8.63. The third kappa shape index (κ3) is 4.77. The maximum Gasteiger partial charge on any atom is 0.363 e. The van der Waals surface area contributed by atoms with Crippen molar-refractivity contribution in [2.45, 2.75) is 19.8 Å². The van der Waals surface area contributed by atoms with Crippen molar-refractivity contribution in [3.05, 3.63) is 28.4 Å². The molecule has 0 radical (unpaired) electrons. The van der Waals surface area contributed by atoms with Crippen LogP contribution in [0.4, 0.5) is 11.5 Å². The molecule has 7 nitrogen and oxygen atoms in total. The van der Waals surface area contributed by atoms with E-state index < -0.39 is 4.92 Å². The molecule has 0 saturated carbocycles. The predicted molar refractivity (Wildman–Crippen MR) is 65.2 cm³/mol. The number of nitrogens with zero attached hydrogens (tertiary/aromatic N) is 2. The molecule has 0 saturated heterocycles. The van der Waals surface area contributed by atoms with Crippen LogP contribution in [-0.2, 0) is 9.53 Å². The molecule has 1 rings (SSSR count). The van der Waals surface area contributed by atoms with E-state index in [9.17, 15) is 14.9 Å². The molecule has 1 N–H and O–H groups in total. The molecule has 1 aromatic rings. The lowest BCUT2D eigenvalue weighted by Gasteiger charge is -2.04. The van der Waals surface area contributed by atoms with Crippen molar-refractivity contribution in [3.63, 3.8) is 0 Å². The molecule has 0 aliphatic carbocycles. The van der Waals surface area contributed by atoms with Gasteiger partial charge in [-0.3, -0.25) is 4.79 Å². The second kappa shape index (κ2) is 7.21. The minimum atomic E-state index is -0.551. The van der Waals surface area contributed by atoms with Gasteiger partial charge in [0.05, 0.1) is 12.3 Å². The molecule has 0 bridgehead atoms. The molecule has 0 aliphatic rings. The second-order valence-electron chi connectivity index (χ2n) is 3.50. The van der Waals surface area contributed by atoms with Crippen LogP contribution in [0.3, 0.4) is 0 Å². The summed E-state index contributed by atoms with van der Waals surface area (Å²) < 4.78 is 4.78. The molecule has 1 heterocycles. The van der Waals surface area contributed by atoms with E-state index in [1.165, 1.54) is 12.3 Å². The summed E-state index contributed by atoms with van der Waals surface area (Å²) in [5, 5.41) is 13.4. The average molecular weight is 253 g/mol. The number of hydrogen-bond acceptors (Lipinski definition) is 6. The van der Waals surface area contributed by atoms with Gasteiger partial charge in [-0.1, -0.05) is 0 Å². The lowest BCUT2D eigenvalue weighted by molar-refractivity contribution is -0.389. The van der Waals surface area contributed by atoms with Gasteiger partial charge in [-0.25, -0.2) is 0 Å². The van der Waals surface area contributed by atoms with E-state index in [1.54, 1.807) is 13.0 Å². The van der Waals surface area contributed by atoms with Crippen LogP contribution >= 0.6 is 0 Å². The molecule has 98 valence electrons. The number of anilines is 1. The summed E-state index contributed by atoms with van der Waals surface area (Å²) in [6.07, 6.45) is 2.37. The number of hydrogen-bond donors (Lipinski definition) is 1. The Morgan fingerprint density at radius 1 is 1.56 bits per heavy atom. The third-order valence-corrected chi connectivity index (χ3v) is 2.13. The summed E-state index contributed by atoms with van der Waals surface area (Å²) in [6, 6.07) is 2.91. The van der Waals surface area contributed by atoms with Crippen LogP contribution in [0.1, 0.15) is 19.8 Å². The first-order valence-corrected chi connectivity index (χ1v) is 5.63. The number of carbonyl (C=O) groups excluding carboxylic acids is 1. The van der Waals surface area contributed by atoms with Gasteiger partial charge in [0, 0.05) is 19.0 Å². The van der Waals surface area contributed by atoms with E-state index in [1.807, 2.05) is 0 Å². The van der Waals surface area contributed by atoms with E-state index in [2.05, 4.69) is 10.3 Å². The standard InChI is InChI=1S/C11H15N3O4/c1-2-18-11(15)4-3-7-12-9-5-6-10(13-8-9)14(16)17/h5-6,8,12H,2-4,7H2,1H3. The zero-order valence-corrected chi connectivity index (χ0v) is 10.1. The van der Waals surface area contributed by atoms with Crippen LogP contribution < -0.4 is 5.32 Å². The minimum Gasteiger partial charge on any atom is -0.466 e. The Kier molecular flexibility index (Phi) is 5.56. The van der Waals surface area contributed by atoms with Crippen molar-refractivity contribution >= 4 is 17.5 Å². The fraction of sp³-hybridized carbons (Fsp3) is 0.455. The molecule has 0 aliphatic heterocycles. The van der Waals surface area contributed by atoms with E-state index in [4.69, 9.17) is 4.74 Å². The van der Waals surface area contributed by atoms with Crippen molar-refractivity contribution in [3.8, 4) is 0 Å². The molecule has 0 aromatic carbocycles. The van der Waals surface area contributed by atoms with Gasteiger partial charge in [0.25, 0.3) is 0 Å². The molecule has 0 atom stereocenters. The fourth-order valence-corrected chi connectivity index (χ4v) is 1.30. The smallest absolute Gasteiger partial charge is 0.363 e. The summed E-state index contributed by atoms with van der Waals surface area (Å²) in [5.74, 6) is -0.409. The fourth-order valence-electron chi connectivity index (χ4n) is 1.30. The zero-order valence-electron chi connectivity index (χ0n) is 10.1. The van der Waals surface area contributed by atoms with Gasteiger partial charge in [0.15, 0.2) is 6.20 Å². The number of nitro groups is 1. The summed E-state index contributed by atoms with van der Waals surface area (Å²) in [7, 11) is 0. The van der Waals surface area contributed by atoms with Crippen LogP contribution in [-0.4, -0.2) is 29.0 Å². The first kappa shape index (κ1) is 13.9. The third-order valence-electron chi connectivity index (χ3n) is 2.13. The normalized spacial score (nSPS) is 9.83. The molecule has 0 unspecified atom stereocenters. The Morgan fingerprint density at radius 3 is 2.89 bits per heavy atom. The van der Waals surface area contributed by atoms with Crippen molar-refractivity contribution < 1.29 is 14.5 Å². The zero-order chi connectivity index (χ0) is 13.4. The molecular weight excluding hydrogens is 238 g/mol. The van der Waals surface area contributed by atoms with Gasteiger partial charge in [0.1, 0.15) is 0 Å². The van der Waals surface area contributed by atoms with Gasteiger partial charge >= 0.3 is 11.8 Å². The monoisotopic (exact) mass is 253 g/mol. The van der Waals surface area contributed by atoms with E-state index in [0.717, 1.165) is 0 Å². The number of aromatic nitrogens is 1. The van der Waals surface area contributed by atoms with Gasteiger partial charge in [-0.05, 0) is 29.3 Å². The lowest BCUT2D eigenvalue weighted by Crippen LogP contribution is -2.08. The molecule has 1 aromatic heterocycles. The average Bonchev–Trinajstić information content (AvgIpc) is 2.35. The molecular formula is C11H15N3O4. The minimum absolute atomic E-state index is 0.188. The number of ether oxygens (including phenoxy) is 1. The molecule has 0 amide bonds. The van der Waals surface area contributed by atoms with Crippen molar-refractivity contribution in [1.29, 1.82) is 0 Å². The Bertz CT molecular complexity index is 405. The Balaban J connectivity index is 2.27. The van der Waals surface area contributed by atoms with E-state index in [0.29, 0.717) is 31.7 Å². The van der Waals surface area contributed by atoms with Gasteiger partial charge in [-0.2, -0.15) is 0 Å². The highest BCUT2D eigenvalue weighted by atomic mass is 16.6. The predicted octanol–water partition coefficient (Wildman–Crippen LogP) is 1.74. The molecule has 0 spiro atoms. The maximum atomic E-state index is 11.0. The van der Waals surface area contributed by atoms with E-state index >= 15 is 0 Å². The summed E-state index contributed by atoms with van der Waals surface area (Å²) in [6.45, 7) is 2.73. The highest BCUT2D eigenvalue weighted by Gasteiger charge is 2.06. The van der Waals surface area contributed by atoms with Crippen LogP contribution in [0.15, 0.2) is 18.3 Å². The topological polar surface area (TPSA) is 94.4 Å². The number of pyridine rings is 1. The van der Waals surface area contributed by atoms with Crippen LogP contribution in [0.25, 0.3) is 0 Å². The van der Waals surface area contributed by atoms with Crippen molar-refractivity contribution in [2.24, 2.45) is 0 Å². The van der Waals surface area contributed by atoms with Crippen molar-refractivity contribution in [1.82, 2.24) is 4.98 Å². The van der Waals surface area contributed by atoms with Gasteiger partial charge < -0.3 is 20.2 Å². The Labute approximate surface area is 104 Å². The van der Waals surface area contributed by atoms with Crippen molar-refractivity contribution in [2.75, 3.05) is 18.5 Å². The van der Waals surface area contributed by atoms with E-state index in [-0.39, 0.29) is 11.8 Å². The quantitative estimate of drug-likeness (QED) is 0.344. The Hall–Kier alpha value is -2.18. The molecule has 7 heteroatoms. The SMILES string of the molecule is CCOC(=O)CCCNc1ccc([N+](=O)[O-])nc1. The number of nitrogens with one attached hydrogen (secondary N) is 1. The second-order valence-corrected chi connectivity index (χ2v) is 3.50. The first-order valence-electron chi connectivity index (χ1n) is 5.63.